The van der Waals surface area contributed by atoms with Crippen molar-refractivity contribution in [3.8, 4) is 0 Å². The highest BCUT2D eigenvalue weighted by atomic mass is 16.1. The van der Waals surface area contributed by atoms with Crippen LogP contribution in [0.25, 0.3) is 6.08 Å². The lowest BCUT2D eigenvalue weighted by Crippen LogP contribution is -2.14. The fourth-order valence-corrected chi connectivity index (χ4v) is 2.63. The van der Waals surface area contributed by atoms with Crippen molar-refractivity contribution < 1.29 is 4.79 Å². The van der Waals surface area contributed by atoms with Gasteiger partial charge in [0, 0.05) is 18.4 Å². The Morgan fingerprint density at radius 1 is 1.14 bits per heavy atom. The Morgan fingerprint density at radius 3 is 2.79 bits per heavy atom. The molecule has 2 aromatic heterocycles. The maximum absolute atomic E-state index is 12.4. The molecule has 1 aromatic carbocycles. The van der Waals surface area contributed by atoms with Crippen LogP contribution >= 0.6 is 0 Å². The van der Waals surface area contributed by atoms with Gasteiger partial charge in [0.1, 0.15) is 11.5 Å². The molecular formula is C22H24N6O. The first-order valence-corrected chi connectivity index (χ1v) is 9.49. The first-order chi connectivity index (χ1) is 14.2. The number of pyridine rings is 1. The molecule has 0 spiro atoms. The van der Waals surface area contributed by atoms with Gasteiger partial charge in [-0.25, -0.2) is 9.97 Å². The molecule has 1 amide bonds. The molecule has 0 radical (unpaired) electrons. The summed E-state index contributed by atoms with van der Waals surface area (Å²) < 4.78 is 0. The van der Waals surface area contributed by atoms with E-state index in [2.05, 4.69) is 32.5 Å². The Balaban J connectivity index is 1.60. The lowest BCUT2D eigenvalue weighted by Gasteiger charge is -2.10. The number of aromatic nitrogens is 3. The van der Waals surface area contributed by atoms with Crippen LogP contribution in [0.15, 0.2) is 61.1 Å². The van der Waals surface area contributed by atoms with Gasteiger partial charge in [0.05, 0.1) is 23.8 Å². The zero-order valence-corrected chi connectivity index (χ0v) is 16.3. The van der Waals surface area contributed by atoms with E-state index in [4.69, 9.17) is 5.73 Å². The van der Waals surface area contributed by atoms with E-state index in [1.807, 2.05) is 48.6 Å². The smallest absolute Gasteiger partial charge is 0.275 e. The molecule has 4 N–H and O–H groups in total. The minimum Gasteiger partial charge on any atom is -0.382 e. The number of nitrogens with zero attached hydrogens (tertiary/aromatic N) is 3. The summed E-state index contributed by atoms with van der Waals surface area (Å²) in [6.45, 7) is 2.67. The van der Waals surface area contributed by atoms with E-state index >= 15 is 0 Å². The van der Waals surface area contributed by atoms with Crippen molar-refractivity contribution in [1.29, 1.82) is 0 Å². The maximum atomic E-state index is 12.4. The van der Waals surface area contributed by atoms with E-state index < -0.39 is 0 Å². The third kappa shape index (κ3) is 5.87. The van der Waals surface area contributed by atoms with Gasteiger partial charge in [0.15, 0.2) is 0 Å². The van der Waals surface area contributed by atoms with Crippen LogP contribution in [0.5, 0.6) is 0 Å². The highest BCUT2D eigenvalue weighted by molar-refractivity contribution is 6.02. The van der Waals surface area contributed by atoms with Crippen molar-refractivity contribution in [3.05, 3.63) is 78.0 Å². The second-order valence-electron chi connectivity index (χ2n) is 6.46. The lowest BCUT2D eigenvalue weighted by molar-refractivity contribution is 0.102. The quantitative estimate of drug-likeness (QED) is 0.536. The van der Waals surface area contributed by atoms with Crippen LogP contribution in [0.2, 0.25) is 0 Å². The van der Waals surface area contributed by atoms with Gasteiger partial charge < -0.3 is 16.4 Å². The van der Waals surface area contributed by atoms with E-state index in [1.54, 1.807) is 12.4 Å². The molecule has 0 aliphatic rings. The number of allylic oxidation sites excluding steroid dienone is 1. The van der Waals surface area contributed by atoms with E-state index in [0.29, 0.717) is 18.1 Å². The number of unbranched alkanes of at least 4 members (excludes halogenated alkanes) is 1. The number of anilines is 3. The number of benzene rings is 1. The van der Waals surface area contributed by atoms with Gasteiger partial charge in [0.25, 0.3) is 5.91 Å². The molecule has 0 saturated heterocycles. The van der Waals surface area contributed by atoms with Gasteiger partial charge in [-0.1, -0.05) is 31.6 Å². The molecule has 0 atom stereocenters. The van der Waals surface area contributed by atoms with E-state index in [1.165, 1.54) is 6.20 Å². The predicted molar refractivity (Wildman–Crippen MR) is 116 cm³/mol. The SMILES string of the molecule is CCC/C=C/c1cnc(C(=O)Nc2cccc(CNc3cccnc3N)c2)cn1. The van der Waals surface area contributed by atoms with Gasteiger partial charge in [0.2, 0.25) is 0 Å². The summed E-state index contributed by atoms with van der Waals surface area (Å²) in [6, 6.07) is 11.3. The topological polar surface area (TPSA) is 106 Å². The number of carbonyl (C=O) groups excluding carboxylic acids is 1. The average Bonchev–Trinajstić information content (AvgIpc) is 2.74. The number of rotatable bonds is 8. The van der Waals surface area contributed by atoms with Gasteiger partial charge in [-0.2, -0.15) is 0 Å². The molecule has 7 heteroatoms. The van der Waals surface area contributed by atoms with Gasteiger partial charge in [-0.15, -0.1) is 0 Å². The molecule has 0 aliphatic carbocycles. The Morgan fingerprint density at radius 2 is 2.03 bits per heavy atom. The molecule has 2 heterocycles. The lowest BCUT2D eigenvalue weighted by atomic mass is 10.2. The predicted octanol–water partition coefficient (Wildman–Crippen LogP) is 4.13. The Bertz CT molecular complexity index is 985. The van der Waals surface area contributed by atoms with Crippen LogP contribution in [0.1, 0.15) is 41.5 Å². The van der Waals surface area contributed by atoms with Gasteiger partial charge in [-0.05, 0) is 42.3 Å². The number of nitrogen functional groups attached to an aromatic ring is 1. The maximum Gasteiger partial charge on any atom is 0.275 e. The molecule has 148 valence electrons. The summed E-state index contributed by atoms with van der Waals surface area (Å²) in [4.78, 5) is 25.0. The van der Waals surface area contributed by atoms with Gasteiger partial charge in [-0.3, -0.25) is 9.78 Å². The molecule has 0 aliphatic heterocycles. The number of hydrogen-bond donors (Lipinski definition) is 3. The molecule has 3 rings (SSSR count). The molecule has 0 unspecified atom stereocenters. The molecule has 3 aromatic rings. The van der Waals surface area contributed by atoms with Crippen LogP contribution in [-0.4, -0.2) is 20.9 Å². The Hall–Kier alpha value is -3.74. The Kier molecular flexibility index (Phi) is 6.89. The number of nitrogens with one attached hydrogen (secondary N) is 2. The van der Waals surface area contributed by atoms with Crippen molar-refractivity contribution in [2.45, 2.75) is 26.3 Å². The minimum atomic E-state index is -0.303. The van der Waals surface area contributed by atoms with Crippen LogP contribution < -0.4 is 16.4 Å². The second kappa shape index (κ2) is 9.98. The van der Waals surface area contributed by atoms with Crippen molar-refractivity contribution in [1.82, 2.24) is 15.0 Å². The van der Waals surface area contributed by atoms with Crippen molar-refractivity contribution >= 4 is 29.2 Å². The van der Waals surface area contributed by atoms with E-state index in [0.717, 1.165) is 29.8 Å². The molecule has 0 saturated carbocycles. The van der Waals surface area contributed by atoms with Crippen LogP contribution in [0.3, 0.4) is 0 Å². The summed E-state index contributed by atoms with van der Waals surface area (Å²) in [7, 11) is 0. The summed E-state index contributed by atoms with van der Waals surface area (Å²) in [5.41, 5.74) is 9.29. The zero-order chi connectivity index (χ0) is 20.5. The van der Waals surface area contributed by atoms with E-state index in [9.17, 15) is 4.79 Å². The van der Waals surface area contributed by atoms with Crippen molar-refractivity contribution in [2.75, 3.05) is 16.4 Å². The van der Waals surface area contributed by atoms with Crippen LogP contribution in [-0.2, 0) is 6.54 Å². The summed E-state index contributed by atoms with van der Waals surface area (Å²) in [6.07, 6.45) is 10.7. The Labute approximate surface area is 170 Å². The highest BCUT2D eigenvalue weighted by Crippen LogP contribution is 2.17. The van der Waals surface area contributed by atoms with Crippen molar-refractivity contribution in [3.63, 3.8) is 0 Å². The number of hydrogen-bond acceptors (Lipinski definition) is 6. The molecule has 0 fully saturated rings. The average molecular weight is 388 g/mol. The number of amides is 1. The summed E-state index contributed by atoms with van der Waals surface area (Å²) in [5.74, 6) is 0.145. The monoisotopic (exact) mass is 388 g/mol. The number of nitrogens with two attached hydrogens (primary N) is 1. The molecule has 29 heavy (non-hydrogen) atoms. The fraction of sp³-hybridized carbons (Fsp3) is 0.182. The van der Waals surface area contributed by atoms with Crippen molar-refractivity contribution in [2.24, 2.45) is 0 Å². The largest absolute Gasteiger partial charge is 0.382 e. The molecule has 0 bridgehead atoms. The fourth-order valence-electron chi connectivity index (χ4n) is 2.63. The first-order valence-electron chi connectivity index (χ1n) is 9.49. The third-order valence-electron chi connectivity index (χ3n) is 4.15. The highest BCUT2D eigenvalue weighted by Gasteiger charge is 2.09. The third-order valence-corrected chi connectivity index (χ3v) is 4.15. The van der Waals surface area contributed by atoms with Crippen LogP contribution in [0, 0.1) is 0 Å². The standard InChI is InChI=1S/C22H24N6O/c1-2-3-4-8-18-14-27-20(15-25-18)22(29)28-17-9-5-7-16(12-17)13-26-19-10-6-11-24-21(19)23/h4-12,14-15,26H,2-3,13H2,1H3,(H2,23,24)(H,28,29)/b8-4+. The molecular weight excluding hydrogens is 364 g/mol. The minimum absolute atomic E-state index is 0.268. The second-order valence-corrected chi connectivity index (χ2v) is 6.46. The molecule has 7 nitrogen and oxygen atoms in total. The first kappa shape index (κ1) is 20.0. The van der Waals surface area contributed by atoms with E-state index in [-0.39, 0.29) is 11.6 Å². The van der Waals surface area contributed by atoms with Gasteiger partial charge >= 0.3 is 0 Å². The van der Waals surface area contributed by atoms with Crippen LogP contribution in [0.4, 0.5) is 17.2 Å². The summed E-state index contributed by atoms with van der Waals surface area (Å²) >= 11 is 0. The zero-order valence-electron chi connectivity index (χ0n) is 16.3. The number of carbonyl (C=O) groups is 1. The summed E-state index contributed by atoms with van der Waals surface area (Å²) in [5, 5.41) is 6.10. The normalized spacial score (nSPS) is 10.8.